The van der Waals surface area contributed by atoms with Crippen LogP contribution in [0.1, 0.15) is 13.8 Å². The first-order valence-corrected chi connectivity index (χ1v) is 5.03. The van der Waals surface area contributed by atoms with Crippen LogP contribution >= 0.6 is 0 Å². The molecule has 1 aromatic rings. The molecule has 1 unspecified atom stereocenters. The second-order valence-electron chi connectivity index (χ2n) is 3.39. The number of rotatable bonds is 5. The van der Waals surface area contributed by atoms with Crippen LogP contribution in [0.3, 0.4) is 0 Å². The molecule has 0 saturated heterocycles. The van der Waals surface area contributed by atoms with E-state index in [1.807, 2.05) is 6.92 Å². The third-order valence-electron chi connectivity index (χ3n) is 1.94. The van der Waals surface area contributed by atoms with Crippen LogP contribution in [-0.2, 0) is 4.74 Å². The van der Waals surface area contributed by atoms with Crippen molar-refractivity contribution in [2.75, 3.05) is 18.9 Å². The van der Waals surface area contributed by atoms with Gasteiger partial charge in [-0.3, -0.25) is 0 Å². The molecule has 0 aliphatic rings. The molecule has 90 valence electrons. The summed E-state index contributed by atoms with van der Waals surface area (Å²) in [6.45, 7) is 4.48. The summed E-state index contributed by atoms with van der Waals surface area (Å²) in [5, 5.41) is 0. The summed E-state index contributed by atoms with van der Waals surface area (Å²) in [5.74, 6) is -1.53. The minimum absolute atomic E-state index is 0.00435. The molecule has 0 aromatic heterocycles. The molecule has 0 aliphatic heterocycles. The van der Waals surface area contributed by atoms with E-state index in [1.54, 1.807) is 6.92 Å². The molecule has 0 amide bonds. The molecule has 16 heavy (non-hydrogen) atoms. The molecule has 2 N–H and O–H groups in total. The van der Waals surface area contributed by atoms with Gasteiger partial charge >= 0.3 is 0 Å². The van der Waals surface area contributed by atoms with E-state index < -0.39 is 11.6 Å². The van der Waals surface area contributed by atoms with Gasteiger partial charge in [0.1, 0.15) is 23.4 Å². The maximum absolute atomic E-state index is 13.1. The number of nitrogen functional groups attached to an aromatic ring is 1. The van der Waals surface area contributed by atoms with Gasteiger partial charge in [-0.25, -0.2) is 8.78 Å². The van der Waals surface area contributed by atoms with Crippen LogP contribution in [0.25, 0.3) is 0 Å². The lowest BCUT2D eigenvalue weighted by Gasteiger charge is -2.16. The Bertz CT molecular complexity index is 358. The number of hydrogen-bond donors (Lipinski definition) is 1. The van der Waals surface area contributed by atoms with Crippen molar-refractivity contribution in [3.05, 3.63) is 23.8 Å². The topological polar surface area (TPSA) is 44.5 Å². The zero-order chi connectivity index (χ0) is 12.1. The van der Waals surface area contributed by atoms with Gasteiger partial charge in [-0.15, -0.1) is 0 Å². The lowest BCUT2D eigenvalue weighted by molar-refractivity contribution is 0.0658. The minimum Gasteiger partial charge on any atom is -0.486 e. The third kappa shape index (κ3) is 3.34. The first kappa shape index (κ1) is 12.7. The second-order valence-corrected chi connectivity index (χ2v) is 3.39. The van der Waals surface area contributed by atoms with Gasteiger partial charge < -0.3 is 15.2 Å². The van der Waals surface area contributed by atoms with Gasteiger partial charge in [0.25, 0.3) is 0 Å². The van der Waals surface area contributed by atoms with Crippen LogP contribution in [0, 0.1) is 11.6 Å². The highest BCUT2D eigenvalue weighted by Gasteiger charge is 2.12. The van der Waals surface area contributed by atoms with E-state index in [0.717, 1.165) is 12.1 Å². The van der Waals surface area contributed by atoms with Gasteiger partial charge in [0.2, 0.25) is 0 Å². The quantitative estimate of drug-likeness (QED) is 0.791. The van der Waals surface area contributed by atoms with Crippen molar-refractivity contribution in [2.45, 2.75) is 20.0 Å². The summed E-state index contributed by atoms with van der Waals surface area (Å²) in [6.07, 6.45) is -0.316. The van der Waals surface area contributed by atoms with Crippen molar-refractivity contribution in [1.82, 2.24) is 0 Å². The smallest absolute Gasteiger partial charge is 0.152 e. The lowest BCUT2D eigenvalue weighted by atomic mass is 10.2. The number of hydrogen-bond acceptors (Lipinski definition) is 3. The van der Waals surface area contributed by atoms with Crippen molar-refractivity contribution in [1.29, 1.82) is 0 Å². The van der Waals surface area contributed by atoms with Gasteiger partial charge in [-0.2, -0.15) is 0 Å². The van der Waals surface area contributed by atoms with Crippen LogP contribution in [0.4, 0.5) is 14.5 Å². The molecule has 5 heteroatoms. The largest absolute Gasteiger partial charge is 0.486 e. The zero-order valence-corrected chi connectivity index (χ0v) is 9.30. The van der Waals surface area contributed by atoms with E-state index in [-0.39, 0.29) is 17.5 Å². The molecule has 0 aliphatic carbocycles. The van der Waals surface area contributed by atoms with E-state index in [1.165, 1.54) is 0 Å². The monoisotopic (exact) mass is 231 g/mol. The molecule has 1 atom stereocenters. The molecule has 0 bridgehead atoms. The molecule has 0 heterocycles. The number of anilines is 1. The number of ether oxygens (including phenoxy) is 2. The fourth-order valence-electron chi connectivity index (χ4n) is 1.19. The Labute approximate surface area is 93.2 Å². The van der Waals surface area contributed by atoms with E-state index in [2.05, 4.69) is 0 Å². The molecule has 0 fully saturated rings. The summed E-state index contributed by atoms with van der Waals surface area (Å²) >= 11 is 0. The van der Waals surface area contributed by atoms with Crippen LogP contribution in [0.2, 0.25) is 0 Å². The van der Waals surface area contributed by atoms with Crippen molar-refractivity contribution in [3.63, 3.8) is 0 Å². The van der Waals surface area contributed by atoms with Crippen molar-refractivity contribution in [2.24, 2.45) is 0 Å². The Morgan fingerprint density at radius 3 is 2.69 bits per heavy atom. The van der Waals surface area contributed by atoms with Gasteiger partial charge in [0.05, 0.1) is 6.61 Å². The van der Waals surface area contributed by atoms with Crippen molar-refractivity contribution >= 4 is 5.69 Å². The Morgan fingerprint density at radius 1 is 1.38 bits per heavy atom. The van der Waals surface area contributed by atoms with Gasteiger partial charge in [-0.1, -0.05) is 0 Å². The molecule has 0 radical (unpaired) electrons. The zero-order valence-electron chi connectivity index (χ0n) is 9.30. The van der Waals surface area contributed by atoms with Crippen LogP contribution in [-0.4, -0.2) is 19.3 Å². The van der Waals surface area contributed by atoms with E-state index in [4.69, 9.17) is 15.2 Å². The molecule has 3 nitrogen and oxygen atoms in total. The summed E-state index contributed by atoms with van der Waals surface area (Å²) in [7, 11) is 0. The van der Waals surface area contributed by atoms with Crippen LogP contribution in [0.5, 0.6) is 5.75 Å². The molecule has 1 aromatic carbocycles. The molecule has 0 spiro atoms. The van der Waals surface area contributed by atoms with Gasteiger partial charge in [0, 0.05) is 18.7 Å². The highest BCUT2D eigenvalue weighted by molar-refractivity contribution is 5.53. The van der Waals surface area contributed by atoms with Crippen LogP contribution in [0.15, 0.2) is 12.1 Å². The molecular formula is C11H15F2NO2. The summed E-state index contributed by atoms with van der Waals surface area (Å²) in [6, 6.07) is 1.77. The Morgan fingerprint density at radius 2 is 2.06 bits per heavy atom. The maximum Gasteiger partial charge on any atom is 0.152 e. The third-order valence-corrected chi connectivity index (χ3v) is 1.94. The van der Waals surface area contributed by atoms with E-state index in [9.17, 15) is 8.78 Å². The van der Waals surface area contributed by atoms with Crippen molar-refractivity contribution < 1.29 is 18.3 Å². The Balaban J connectivity index is 2.72. The van der Waals surface area contributed by atoms with E-state index >= 15 is 0 Å². The second kappa shape index (κ2) is 5.65. The highest BCUT2D eigenvalue weighted by atomic mass is 19.1. The van der Waals surface area contributed by atoms with Gasteiger partial charge in [-0.05, 0) is 13.8 Å². The Hall–Kier alpha value is -1.36. The molecule has 0 saturated carbocycles. The summed E-state index contributed by atoms with van der Waals surface area (Å²) in [4.78, 5) is 0. The first-order valence-electron chi connectivity index (χ1n) is 5.03. The predicted molar refractivity (Wildman–Crippen MR) is 57.4 cm³/mol. The number of benzene rings is 1. The van der Waals surface area contributed by atoms with Crippen molar-refractivity contribution in [3.8, 4) is 5.75 Å². The normalized spacial score (nSPS) is 12.5. The Kier molecular flexibility index (Phi) is 4.49. The van der Waals surface area contributed by atoms with Crippen LogP contribution < -0.4 is 10.5 Å². The number of nitrogens with two attached hydrogens (primary N) is 1. The fraction of sp³-hybridized carbons (Fsp3) is 0.455. The first-order chi connectivity index (χ1) is 7.54. The summed E-state index contributed by atoms with van der Waals surface area (Å²) < 4.78 is 36.4. The molecular weight excluding hydrogens is 216 g/mol. The van der Waals surface area contributed by atoms with Gasteiger partial charge in [0.15, 0.2) is 5.82 Å². The predicted octanol–water partition coefficient (Wildman–Crippen LogP) is 2.35. The average molecular weight is 231 g/mol. The highest BCUT2D eigenvalue weighted by Crippen LogP contribution is 2.26. The minimum atomic E-state index is -0.821. The molecule has 1 rings (SSSR count). The fourth-order valence-corrected chi connectivity index (χ4v) is 1.19. The lowest BCUT2D eigenvalue weighted by Crippen LogP contribution is -2.20. The number of halogens is 2. The maximum atomic E-state index is 13.1. The SMILES string of the molecule is CCOCC(C)Oc1cc(F)cc(F)c1N. The van der Waals surface area contributed by atoms with E-state index in [0.29, 0.717) is 13.2 Å². The standard InChI is InChI=1S/C11H15F2NO2/c1-3-15-6-7(2)16-10-5-8(12)4-9(13)11(10)14/h4-5,7H,3,6,14H2,1-2H3. The average Bonchev–Trinajstić information content (AvgIpc) is 2.22. The summed E-state index contributed by atoms with van der Waals surface area (Å²) in [5.41, 5.74) is 5.23.